The second-order valence-electron chi connectivity index (χ2n) is 5.52. The number of aliphatic hydroxyl groups is 1. The molecule has 23 heavy (non-hydrogen) atoms. The first kappa shape index (κ1) is 15.2. The second kappa shape index (κ2) is 6.17. The van der Waals surface area contributed by atoms with Gasteiger partial charge in [0.25, 0.3) is 11.6 Å². The van der Waals surface area contributed by atoms with Crippen LogP contribution in [-0.2, 0) is 0 Å². The fourth-order valence-corrected chi connectivity index (χ4v) is 2.77. The van der Waals surface area contributed by atoms with Crippen molar-refractivity contribution < 1.29 is 14.8 Å². The molecule has 1 aliphatic heterocycles. The topological polar surface area (TPSA) is 102 Å². The van der Waals surface area contributed by atoms with Crippen LogP contribution in [0.1, 0.15) is 16.8 Å². The number of carbonyl (C=O) groups excluding carboxylic acids is 1. The third-order valence-electron chi connectivity index (χ3n) is 4.03. The van der Waals surface area contributed by atoms with Crippen molar-refractivity contribution in [3.63, 3.8) is 0 Å². The van der Waals surface area contributed by atoms with E-state index in [9.17, 15) is 14.9 Å². The van der Waals surface area contributed by atoms with Crippen LogP contribution in [-0.4, -0.2) is 50.1 Å². The number of likely N-dealkylation sites (tertiary alicyclic amines) is 1. The largest absolute Gasteiger partial charge is 0.396 e. The first-order valence-corrected chi connectivity index (χ1v) is 7.27. The summed E-state index contributed by atoms with van der Waals surface area (Å²) in [5.74, 6) is -0.166. The van der Waals surface area contributed by atoms with Crippen LogP contribution in [0.5, 0.6) is 0 Å². The Morgan fingerprint density at radius 1 is 1.48 bits per heavy atom. The van der Waals surface area contributed by atoms with E-state index in [0.29, 0.717) is 18.8 Å². The van der Waals surface area contributed by atoms with E-state index in [-0.39, 0.29) is 29.7 Å². The van der Waals surface area contributed by atoms with Gasteiger partial charge in [-0.25, -0.2) is 4.98 Å². The highest BCUT2D eigenvalue weighted by molar-refractivity contribution is 5.95. The van der Waals surface area contributed by atoms with Crippen molar-refractivity contribution >= 4 is 11.6 Å². The van der Waals surface area contributed by atoms with Crippen molar-refractivity contribution in [2.75, 3.05) is 19.7 Å². The summed E-state index contributed by atoms with van der Waals surface area (Å²) in [6.45, 7) is 1.08. The maximum Gasteiger partial charge on any atom is 0.294 e. The molecule has 1 atom stereocenters. The Morgan fingerprint density at radius 2 is 2.30 bits per heavy atom. The van der Waals surface area contributed by atoms with Crippen molar-refractivity contribution in [2.24, 2.45) is 5.92 Å². The van der Waals surface area contributed by atoms with Crippen LogP contribution >= 0.6 is 0 Å². The number of nitrogens with zero attached hydrogens (tertiary/aromatic N) is 4. The minimum Gasteiger partial charge on any atom is -0.396 e. The van der Waals surface area contributed by atoms with E-state index in [1.807, 2.05) is 0 Å². The Labute approximate surface area is 132 Å². The maximum atomic E-state index is 12.5. The van der Waals surface area contributed by atoms with E-state index in [2.05, 4.69) is 4.98 Å². The van der Waals surface area contributed by atoms with Gasteiger partial charge in [-0.2, -0.15) is 0 Å². The Hall–Kier alpha value is -2.74. The van der Waals surface area contributed by atoms with E-state index in [0.717, 1.165) is 6.42 Å². The summed E-state index contributed by atoms with van der Waals surface area (Å²) in [4.78, 5) is 28.8. The molecular formula is C15H16N4O4. The van der Waals surface area contributed by atoms with Gasteiger partial charge < -0.3 is 14.6 Å². The first-order chi connectivity index (χ1) is 11.1. The van der Waals surface area contributed by atoms with Crippen molar-refractivity contribution in [3.05, 3.63) is 52.6 Å². The molecule has 1 aliphatic rings. The fraction of sp³-hybridized carbons (Fsp3) is 0.333. The zero-order chi connectivity index (χ0) is 16.4. The number of nitro benzene ring substituents is 1. The molecule has 8 heteroatoms. The number of hydrogen-bond acceptors (Lipinski definition) is 5. The third kappa shape index (κ3) is 2.93. The Kier molecular flexibility index (Phi) is 4.07. The normalized spacial score (nSPS) is 17.4. The Balaban J connectivity index is 1.91. The van der Waals surface area contributed by atoms with Gasteiger partial charge in [0.2, 0.25) is 0 Å². The highest BCUT2D eigenvalue weighted by atomic mass is 16.6. The van der Waals surface area contributed by atoms with Gasteiger partial charge >= 0.3 is 0 Å². The lowest BCUT2D eigenvalue weighted by atomic mass is 10.1. The Morgan fingerprint density at radius 3 is 2.91 bits per heavy atom. The first-order valence-electron chi connectivity index (χ1n) is 7.27. The van der Waals surface area contributed by atoms with Crippen molar-refractivity contribution in [1.82, 2.24) is 14.5 Å². The fourth-order valence-electron chi connectivity index (χ4n) is 2.77. The molecule has 0 aliphatic carbocycles. The average molecular weight is 316 g/mol. The van der Waals surface area contributed by atoms with Gasteiger partial charge in [0.05, 0.1) is 11.3 Å². The molecule has 1 unspecified atom stereocenters. The average Bonchev–Trinajstić information content (AvgIpc) is 3.24. The van der Waals surface area contributed by atoms with Gasteiger partial charge in [-0.1, -0.05) is 0 Å². The van der Waals surface area contributed by atoms with E-state index in [1.165, 1.54) is 23.2 Å². The summed E-state index contributed by atoms with van der Waals surface area (Å²) < 4.78 is 1.53. The smallest absolute Gasteiger partial charge is 0.294 e. The van der Waals surface area contributed by atoms with Crippen LogP contribution < -0.4 is 0 Å². The summed E-state index contributed by atoms with van der Waals surface area (Å²) in [7, 11) is 0. The van der Waals surface area contributed by atoms with Crippen LogP contribution in [0, 0.1) is 16.0 Å². The predicted molar refractivity (Wildman–Crippen MR) is 81.3 cm³/mol. The standard InChI is InChI=1S/C15H16N4O4/c20-9-11-3-5-17(8-11)15(21)12-1-2-13(14(7-12)19(22)23)18-6-4-16-10-18/h1-2,4,6-7,10-11,20H,3,5,8-9H2. The molecular weight excluding hydrogens is 300 g/mol. The number of imidazole rings is 1. The quantitative estimate of drug-likeness (QED) is 0.675. The number of aromatic nitrogens is 2. The summed E-state index contributed by atoms with van der Waals surface area (Å²) in [5.41, 5.74) is 0.490. The SMILES string of the molecule is O=C(c1ccc(-n2ccnc2)c([N+](=O)[O-])c1)N1CCC(CO)C1. The molecule has 1 aromatic carbocycles. The number of nitro groups is 1. The Bertz CT molecular complexity index is 729. The van der Waals surface area contributed by atoms with Crippen LogP contribution in [0.25, 0.3) is 5.69 Å². The number of hydrogen-bond donors (Lipinski definition) is 1. The van der Waals surface area contributed by atoms with Crippen LogP contribution in [0.15, 0.2) is 36.9 Å². The zero-order valence-electron chi connectivity index (χ0n) is 12.3. The van der Waals surface area contributed by atoms with Crippen molar-refractivity contribution in [2.45, 2.75) is 6.42 Å². The number of carbonyl (C=O) groups is 1. The monoisotopic (exact) mass is 316 g/mol. The lowest BCUT2D eigenvalue weighted by Crippen LogP contribution is -2.29. The van der Waals surface area contributed by atoms with Crippen LogP contribution in [0.4, 0.5) is 5.69 Å². The number of amides is 1. The molecule has 2 aromatic rings. The van der Waals surface area contributed by atoms with Gasteiger partial charge in [-0.15, -0.1) is 0 Å². The van der Waals surface area contributed by atoms with Gasteiger partial charge in [0.15, 0.2) is 0 Å². The van der Waals surface area contributed by atoms with Gasteiger partial charge in [0.1, 0.15) is 5.69 Å². The molecule has 1 N–H and O–H groups in total. The molecule has 0 radical (unpaired) electrons. The molecule has 3 rings (SSSR count). The lowest BCUT2D eigenvalue weighted by Gasteiger charge is -2.16. The number of benzene rings is 1. The molecule has 120 valence electrons. The van der Waals surface area contributed by atoms with Crippen LogP contribution in [0.2, 0.25) is 0 Å². The van der Waals surface area contributed by atoms with Crippen LogP contribution in [0.3, 0.4) is 0 Å². The molecule has 0 saturated carbocycles. The number of rotatable bonds is 4. The molecule has 1 amide bonds. The molecule has 0 bridgehead atoms. The van der Waals surface area contributed by atoms with Gasteiger partial charge in [-0.05, 0) is 18.6 Å². The van der Waals surface area contributed by atoms with Gasteiger partial charge in [0, 0.05) is 49.6 Å². The van der Waals surface area contributed by atoms with Crippen molar-refractivity contribution in [3.8, 4) is 5.69 Å². The van der Waals surface area contributed by atoms with E-state index in [4.69, 9.17) is 5.11 Å². The van der Waals surface area contributed by atoms with Crippen molar-refractivity contribution in [1.29, 1.82) is 0 Å². The minimum atomic E-state index is -0.507. The summed E-state index contributed by atoms with van der Waals surface area (Å²) in [6.07, 6.45) is 5.35. The molecule has 1 saturated heterocycles. The summed E-state index contributed by atoms with van der Waals surface area (Å²) >= 11 is 0. The maximum absolute atomic E-state index is 12.5. The minimum absolute atomic E-state index is 0.0451. The lowest BCUT2D eigenvalue weighted by molar-refractivity contribution is -0.384. The predicted octanol–water partition coefficient (Wildman–Crippen LogP) is 1.23. The molecule has 8 nitrogen and oxygen atoms in total. The van der Waals surface area contributed by atoms with E-state index < -0.39 is 4.92 Å². The third-order valence-corrected chi connectivity index (χ3v) is 4.03. The zero-order valence-corrected chi connectivity index (χ0v) is 12.3. The van der Waals surface area contributed by atoms with E-state index >= 15 is 0 Å². The molecule has 1 fully saturated rings. The highest BCUT2D eigenvalue weighted by Crippen LogP contribution is 2.26. The molecule has 1 aromatic heterocycles. The van der Waals surface area contributed by atoms with Gasteiger partial charge in [-0.3, -0.25) is 14.9 Å². The number of aliphatic hydroxyl groups excluding tert-OH is 1. The summed E-state index contributed by atoms with van der Waals surface area (Å²) in [6, 6.07) is 4.42. The van der Waals surface area contributed by atoms with E-state index in [1.54, 1.807) is 23.2 Å². The molecule has 2 heterocycles. The molecule has 0 spiro atoms. The highest BCUT2D eigenvalue weighted by Gasteiger charge is 2.28. The summed E-state index contributed by atoms with van der Waals surface area (Å²) in [5, 5.41) is 20.5. The second-order valence-corrected chi connectivity index (χ2v) is 5.52.